The molecule has 0 aliphatic heterocycles. The third kappa shape index (κ3) is 2.39. The standard InChI is InChI=1S/C11H9BrFNO2/c1-2-16-11(15)8-4-3-7(5-12)10(13)9(8)6-14/h3-4H,2,5H2,1H3. The Morgan fingerprint density at radius 3 is 2.81 bits per heavy atom. The molecule has 0 saturated carbocycles. The van der Waals surface area contributed by atoms with Crippen molar-refractivity contribution in [2.75, 3.05) is 6.61 Å². The van der Waals surface area contributed by atoms with Gasteiger partial charge < -0.3 is 4.74 Å². The van der Waals surface area contributed by atoms with Crippen molar-refractivity contribution >= 4 is 21.9 Å². The SMILES string of the molecule is CCOC(=O)c1ccc(CBr)c(F)c1C#N. The highest BCUT2D eigenvalue weighted by atomic mass is 79.9. The molecule has 5 heteroatoms. The normalized spacial score (nSPS) is 9.62. The van der Waals surface area contributed by atoms with E-state index in [1.165, 1.54) is 12.1 Å². The molecule has 0 saturated heterocycles. The van der Waals surface area contributed by atoms with Gasteiger partial charge in [0.2, 0.25) is 0 Å². The molecule has 0 amide bonds. The van der Waals surface area contributed by atoms with Crippen molar-refractivity contribution in [3.05, 3.63) is 34.6 Å². The van der Waals surface area contributed by atoms with Crippen molar-refractivity contribution in [3.8, 4) is 6.07 Å². The molecule has 0 aliphatic carbocycles. The third-order valence-electron chi connectivity index (χ3n) is 1.97. The lowest BCUT2D eigenvalue weighted by atomic mass is 10.0. The molecule has 0 heterocycles. The van der Waals surface area contributed by atoms with Gasteiger partial charge in [-0.1, -0.05) is 22.0 Å². The lowest BCUT2D eigenvalue weighted by Gasteiger charge is -2.06. The summed E-state index contributed by atoms with van der Waals surface area (Å²) in [6, 6.07) is 4.54. The van der Waals surface area contributed by atoms with Crippen molar-refractivity contribution in [3.63, 3.8) is 0 Å². The van der Waals surface area contributed by atoms with Gasteiger partial charge in [-0.05, 0) is 18.6 Å². The van der Waals surface area contributed by atoms with E-state index in [0.717, 1.165) is 0 Å². The summed E-state index contributed by atoms with van der Waals surface area (Å²) in [6.07, 6.45) is 0. The largest absolute Gasteiger partial charge is 0.462 e. The van der Waals surface area contributed by atoms with Crippen LogP contribution in [0.4, 0.5) is 4.39 Å². The summed E-state index contributed by atoms with van der Waals surface area (Å²) in [5, 5.41) is 9.11. The summed E-state index contributed by atoms with van der Waals surface area (Å²) in [6.45, 7) is 1.83. The van der Waals surface area contributed by atoms with E-state index < -0.39 is 11.8 Å². The number of esters is 1. The Hall–Kier alpha value is -1.41. The fraction of sp³-hybridized carbons (Fsp3) is 0.273. The van der Waals surface area contributed by atoms with Gasteiger partial charge in [0.25, 0.3) is 0 Å². The fourth-order valence-electron chi connectivity index (χ4n) is 1.21. The van der Waals surface area contributed by atoms with E-state index in [1.54, 1.807) is 13.0 Å². The van der Waals surface area contributed by atoms with Gasteiger partial charge in [0.15, 0.2) is 0 Å². The van der Waals surface area contributed by atoms with E-state index in [9.17, 15) is 9.18 Å². The van der Waals surface area contributed by atoms with Crippen molar-refractivity contribution in [1.82, 2.24) is 0 Å². The molecule has 0 bridgehead atoms. The zero-order valence-corrected chi connectivity index (χ0v) is 10.2. The van der Waals surface area contributed by atoms with Crippen LogP contribution in [0.15, 0.2) is 12.1 Å². The molecule has 3 nitrogen and oxygen atoms in total. The number of hydrogen-bond donors (Lipinski definition) is 0. The van der Waals surface area contributed by atoms with Gasteiger partial charge >= 0.3 is 5.97 Å². The number of carbonyl (C=O) groups is 1. The van der Waals surface area contributed by atoms with Crippen molar-refractivity contribution in [2.24, 2.45) is 0 Å². The Kier molecular flexibility index (Phi) is 4.44. The van der Waals surface area contributed by atoms with Crippen LogP contribution in [0.1, 0.15) is 28.4 Å². The highest BCUT2D eigenvalue weighted by Gasteiger charge is 2.18. The fourth-order valence-corrected chi connectivity index (χ4v) is 1.64. The molecule has 0 radical (unpaired) electrons. The van der Waals surface area contributed by atoms with E-state index in [-0.39, 0.29) is 23.1 Å². The smallest absolute Gasteiger partial charge is 0.339 e. The van der Waals surface area contributed by atoms with Crippen LogP contribution in [0.5, 0.6) is 0 Å². The molecule has 16 heavy (non-hydrogen) atoms. The highest BCUT2D eigenvalue weighted by molar-refractivity contribution is 9.08. The minimum atomic E-state index is -0.681. The predicted octanol–water partition coefficient (Wildman–Crippen LogP) is 2.77. The van der Waals surface area contributed by atoms with Crippen molar-refractivity contribution in [2.45, 2.75) is 12.3 Å². The lowest BCUT2D eigenvalue weighted by molar-refractivity contribution is 0.0525. The Bertz CT molecular complexity index is 454. The number of benzene rings is 1. The number of ether oxygens (including phenoxy) is 1. The van der Waals surface area contributed by atoms with Crippen molar-refractivity contribution in [1.29, 1.82) is 5.26 Å². The van der Waals surface area contributed by atoms with Gasteiger partial charge in [-0.15, -0.1) is 0 Å². The maximum absolute atomic E-state index is 13.7. The quantitative estimate of drug-likeness (QED) is 0.634. The second-order valence-electron chi connectivity index (χ2n) is 2.93. The first-order chi connectivity index (χ1) is 7.65. The Labute approximate surface area is 101 Å². The monoisotopic (exact) mass is 285 g/mol. The molecule has 0 N–H and O–H groups in total. The van der Waals surface area contributed by atoms with E-state index in [1.807, 2.05) is 0 Å². The van der Waals surface area contributed by atoms with Crippen LogP contribution in [0.2, 0.25) is 0 Å². The topological polar surface area (TPSA) is 50.1 Å². The van der Waals surface area contributed by atoms with Crippen LogP contribution in [0.3, 0.4) is 0 Å². The second kappa shape index (κ2) is 5.61. The molecule has 1 aromatic carbocycles. The highest BCUT2D eigenvalue weighted by Crippen LogP contribution is 2.20. The van der Waals surface area contributed by atoms with Gasteiger partial charge in [0, 0.05) is 5.33 Å². The summed E-state index contributed by atoms with van der Waals surface area (Å²) in [5.74, 6) is -1.36. The van der Waals surface area contributed by atoms with E-state index >= 15 is 0 Å². The summed E-state index contributed by atoms with van der Waals surface area (Å²) < 4.78 is 18.4. The van der Waals surface area contributed by atoms with Gasteiger partial charge in [0.05, 0.1) is 12.2 Å². The average Bonchev–Trinajstić information content (AvgIpc) is 2.28. The predicted molar refractivity (Wildman–Crippen MR) is 59.7 cm³/mol. The molecule has 1 aromatic rings. The Morgan fingerprint density at radius 1 is 1.62 bits per heavy atom. The molecule has 0 atom stereocenters. The first kappa shape index (κ1) is 12.7. The maximum atomic E-state index is 13.7. The number of carbonyl (C=O) groups excluding carboxylic acids is 1. The number of alkyl halides is 1. The van der Waals surface area contributed by atoms with Crippen molar-refractivity contribution < 1.29 is 13.9 Å². The first-order valence-corrected chi connectivity index (χ1v) is 5.72. The van der Waals surface area contributed by atoms with Crippen LogP contribution in [0.25, 0.3) is 0 Å². The first-order valence-electron chi connectivity index (χ1n) is 4.60. The van der Waals surface area contributed by atoms with Crippen LogP contribution in [-0.2, 0) is 10.1 Å². The van der Waals surface area contributed by atoms with Gasteiger partial charge in [0.1, 0.15) is 17.4 Å². The van der Waals surface area contributed by atoms with Gasteiger partial charge in [-0.3, -0.25) is 0 Å². The number of nitriles is 1. The molecule has 1 rings (SSSR count). The number of nitrogens with zero attached hydrogens (tertiary/aromatic N) is 1. The van der Waals surface area contributed by atoms with E-state index in [0.29, 0.717) is 5.56 Å². The van der Waals surface area contributed by atoms with E-state index in [4.69, 9.17) is 10.00 Å². The zero-order chi connectivity index (χ0) is 12.1. The maximum Gasteiger partial charge on any atom is 0.339 e. The third-order valence-corrected chi connectivity index (χ3v) is 2.58. The summed E-state index contributed by atoms with van der Waals surface area (Å²) in [4.78, 5) is 11.4. The Morgan fingerprint density at radius 2 is 2.31 bits per heavy atom. The molecule has 0 unspecified atom stereocenters. The molecule has 0 aliphatic rings. The van der Waals surface area contributed by atoms with Crippen LogP contribution in [-0.4, -0.2) is 12.6 Å². The minimum Gasteiger partial charge on any atom is -0.462 e. The Balaban J connectivity index is 3.27. The molecule has 0 spiro atoms. The van der Waals surface area contributed by atoms with Gasteiger partial charge in [-0.25, -0.2) is 9.18 Å². The molecular formula is C11H9BrFNO2. The molecule has 0 fully saturated rings. The molecule has 0 aromatic heterocycles. The molecular weight excluding hydrogens is 277 g/mol. The number of hydrogen-bond acceptors (Lipinski definition) is 3. The zero-order valence-electron chi connectivity index (χ0n) is 8.59. The van der Waals surface area contributed by atoms with Crippen LogP contribution >= 0.6 is 15.9 Å². The lowest BCUT2D eigenvalue weighted by Crippen LogP contribution is -2.09. The second-order valence-corrected chi connectivity index (χ2v) is 3.49. The van der Waals surface area contributed by atoms with Crippen LogP contribution < -0.4 is 0 Å². The average molecular weight is 286 g/mol. The summed E-state index contributed by atoms with van der Waals surface area (Å²) in [7, 11) is 0. The number of rotatable bonds is 3. The summed E-state index contributed by atoms with van der Waals surface area (Å²) >= 11 is 3.10. The number of halogens is 2. The van der Waals surface area contributed by atoms with Gasteiger partial charge in [-0.2, -0.15) is 5.26 Å². The minimum absolute atomic E-state index is 0.0356. The molecule has 84 valence electrons. The van der Waals surface area contributed by atoms with E-state index in [2.05, 4.69) is 15.9 Å². The summed E-state index contributed by atoms with van der Waals surface area (Å²) in [5.41, 5.74) is 0.0338. The van der Waals surface area contributed by atoms with Crippen LogP contribution in [0, 0.1) is 17.1 Å².